The van der Waals surface area contributed by atoms with Gasteiger partial charge in [0.2, 0.25) is 0 Å². The molecule has 0 radical (unpaired) electrons. The largest absolute Gasteiger partial charge is 0.481 e. The summed E-state index contributed by atoms with van der Waals surface area (Å²) in [6.07, 6.45) is -0.530. The Morgan fingerprint density at radius 1 is 1.23 bits per heavy atom. The number of aliphatic carboxylic acids is 2. The molecule has 116 valence electrons. The lowest BCUT2D eigenvalue weighted by Crippen LogP contribution is -2.45. The predicted molar refractivity (Wildman–Crippen MR) is 72.4 cm³/mol. The number of carbonyl (C=O) groups excluding carboxylic acids is 1. The van der Waals surface area contributed by atoms with E-state index in [1.807, 2.05) is 0 Å². The minimum absolute atomic E-state index is 0.0250. The number of carboxylic acid groups (broad SMARTS) is 2. The first-order chi connectivity index (χ1) is 10.3. The average Bonchev–Trinajstić information content (AvgIpc) is 2.47. The molecule has 1 saturated carbocycles. The van der Waals surface area contributed by atoms with Crippen LogP contribution in [-0.2, 0) is 19.8 Å². The van der Waals surface area contributed by atoms with Crippen LogP contribution in [0.15, 0.2) is 24.3 Å². The fourth-order valence-corrected chi connectivity index (χ4v) is 2.78. The SMILES string of the molecule is O=C(O)C1CC(C(=O)O)(c2ccc([N+](=O)[O-])cc2)CCC1=O. The maximum atomic E-state index is 11.7. The number of rotatable bonds is 4. The molecule has 0 bridgehead atoms. The fraction of sp³-hybridized carbons (Fsp3) is 0.357. The number of ketones is 1. The van der Waals surface area contributed by atoms with Crippen molar-refractivity contribution in [2.45, 2.75) is 24.7 Å². The zero-order valence-corrected chi connectivity index (χ0v) is 11.4. The molecule has 0 aromatic heterocycles. The molecule has 2 unspecified atom stereocenters. The molecule has 0 aliphatic heterocycles. The maximum absolute atomic E-state index is 11.7. The van der Waals surface area contributed by atoms with Crippen LogP contribution in [0.3, 0.4) is 0 Å². The summed E-state index contributed by atoms with van der Waals surface area (Å²) >= 11 is 0. The van der Waals surface area contributed by atoms with Crippen LogP contribution in [0.2, 0.25) is 0 Å². The summed E-state index contributed by atoms with van der Waals surface area (Å²) in [6.45, 7) is 0. The number of carbonyl (C=O) groups is 3. The molecule has 8 heteroatoms. The van der Waals surface area contributed by atoms with Gasteiger partial charge in [0.05, 0.1) is 10.3 Å². The highest BCUT2D eigenvalue weighted by molar-refractivity contribution is 6.01. The van der Waals surface area contributed by atoms with E-state index in [9.17, 15) is 29.6 Å². The van der Waals surface area contributed by atoms with E-state index in [1.54, 1.807) is 0 Å². The summed E-state index contributed by atoms with van der Waals surface area (Å²) in [5, 5.41) is 29.3. The number of nitrogens with zero attached hydrogens (tertiary/aromatic N) is 1. The van der Waals surface area contributed by atoms with Crippen molar-refractivity contribution in [1.29, 1.82) is 0 Å². The van der Waals surface area contributed by atoms with Crippen molar-refractivity contribution in [2.75, 3.05) is 0 Å². The number of hydrogen-bond acceptors (Lipinski definition) is 5. The highest BCUT2D eigenvalue weighted by Gasteiger charge is 2.49. The Morgan fingerprint density at radius 2 is 1.82 bits per heavy atom. The summed E-state index contributed by atoms with van der Waals surface area (Å²) in [5.41, 5.74) is -1.44. The van der Waals surface area contributed by atoms with Gasteiger partial charge in [-0.1, -0.05) is 12.1 Å². The van der Waals surface area contributed by atoms with Crippen molar-refractivity contribution < 1.29 is 29.5 Å². The number of nitro groups is 1. The molecule has 0 spiro atoms. The number of hydrogen-bond donors (Lipinski definition) is 2. The van der Waals surface area contributed by atoms with E-state index in [2.05, 4.69) is 0 Å². The van der Waals surface area contributed by atoms with Gasteiger partial charge >= 0.3 is 11.9 Å². The minimum Gasteiger partial charge on any atom is -0.481 e. The summed E-state index contributed by atoms with van der Waals surface area (Å²) in [6, 6.07) is 4.96. The molecular formula is C14H13NO7. The Labute approximate surface area is 124 Å². The van der Waals surface area contributed by atoms with Gasteiger partial charge in [-0.2, -0.15) is 0 Å². The molecule has 1 aliphatic rings. The smallest absolute Gasteiger partial charge is 0.314 e. The number of non-ortho nitro benzene ring substituents is 1. The Kier molecular flexibility index (Phi) is 3.94. The Balaban J connectivity index is 2.45. The molecule has 2 rings (SSSR count). The van der Waals surface area contributed by atoms with E-state index in [4.69, 9.17) is 5.11 Å². The van der Waals surface area contributed by atoms with Gasteiger partial charge in [-0.25, -0.2) is 0 Å². The Bertz CT molecular complexity index is 652. The quantitative estimate of drug-likeness (QED) is 0.487. The van der Waals surface area contributed by atoms with Crippen LogP contribution in [-0.4, -0.2) is 32.9 Å². The van der Waals surface area contributed by atoms with Gasteiger partial charge in [0.15, 0.2) is 0 Å². The minimum atomic E-state index is -1.52. The van der Waals surface area contributed by atoms with Gasteiger partial charge in [-0.3, -0.25) is 24.5 Å². The van der Waals surface area contributed by atoms with Gasteiger partial charge in [0, 0.05) is 18.6 Å². The van der Waals surface area contributed by atoms with E-state index in [1.165, 1.54) is 24.3 Å². The first-order valence-electron chi connectivity index (χ1n) is 6.52. The van der Waals surface area contributed by atoms with Crippen molar-refractivity contribution in [1.82, 2.24) is 0 Å². The molecule has 0 heterocycles. The second-order valence-corrected chi connectivity index (χ2v) is 5.25. The van der Waals surface area contributed by atoms with E-state index in [-0.39, 0.29) is 30.5 Å². The van der Waals surface area contributed by atoms with Gasteiger partial charge in [-0.05, 0) is 18.4 Å². The Morgan fingerprint density at radius 3 is 2.27 bits per heavy atom. The zero-order chi connectivity index (χ0) is 16.5. The molecule has 1 aromatic rings. The van der Waals surface area contributed by atoms with Crippen molar-refractivity contribution >= 4 is 23.4 Å². The third kappa shape index (κ3) is 2.54. The highest BCUT2D eigenvalue weighted by atomic mass is 16.6. The lowest BCUT2D eigenvalue weighted by atomic mass is 9.65. The molecule has 2 atom stereocenters. The van der Waals surface area contributed by atoms with Gasteiger partial charge in [-0.15, -0.1) is 0 Å². The van der Waals surface area contributed by atoms with Crippen LogP contribution in [0, 0.1) is 16.0 Å². The van der Waals surface area contributed by atoms with E-state index in [0.29, 0.717) is 0 Å². The molecule has 2 N–H and O–H groups in total. The molecule has 0 amide bonds. The molecule has 1 fully saturated rings. The van der Waals surface area contributed by atoms with Crippen molar-refractivity contribution in [2.24, 2.45) is 5.92 Å². The fourth-order valence-electron chi connectivity index (χ4n) is 2.78. The van der Waals surface area contributed by atoms with Crippen LogP contribution in [0.25, 0.3) is 0 Å². The van der Waals surface area contributed by atoms with Gasteiger partial charge < -0.3 is 10.2 Å². The summed E-state index contributed by atoms with van der Waals surface area (Å²) in [7, 11) is 0. The van der Waals surface area contributed by atoms with Gasteiger partial charge in [0.25, 0.3) is 5.69 Å². The van der Waals surface area contributed by atoms with Crippen molar-refractivity contribution in [3.63, 3.8) is 0 Å². The molecular weight excluding hydrogens is 294 g/mol. The number of nitro benzene ring substituents is 1. The maximum Gasteiger partial charge on any atom is 0.314 e. The number of carboxylic acids is 2. The standard InChI is InChI=1S/C14H13NO7/c16-11-5-6-14(13(19)20,7-10(11)12(17)18)8-1-3-9(4-2-8)15(21)22/h1-4,10H,5-7H2,(H,17,18)(H,19,20). The van der Waals surface area contributed by atoms with E-state index in [0.717, 1.165) is 0 Å². The first kappa shape index (κ1) is 15.6. The Hall–Kier alpha value is -2.77. The lowest BCUT2D eigenvalue weighted by molar-refractivity contribution is -0.384. The first-order valence-corrected chi connectivity index (χ1v) is 6.52. The van der Waals surface area contributed by atoms with Crippen molar-refractivity contribution in [3.05, 3.63) is 39.9 Å². The third-order valence-electron chi connectivity index (χ3n) is 4.08. The van der Waals surface area contributed by atoms with Crippen LogP contribution in [0.5, 0.6) is 0 Å². The summed E-state index contributed by atoms with van der Waals surface area (Å²) in [5.74, 6) is -4.45. The predicted octanol–water partition coefficient (Wildman–Crippen LogP) is 1.37. The second-order valence-electron chi connectivity index (χ2n) is 5.25. The number of Topliss-reactive ketones (excluding diaryl/α,β-unsaturated/α-hetero) is 1. The second kappa shape index (κ2) is 5.55. The summed E-state index contributed by atoms with van der Waals surface area (Å²) < 4.78 is 0. The molecule has 8 nitrogen and oxygen atoms in total. The van der Waals surface area contributed by atoms with E-state index >= 15 is 0 Å². The molecule has 1 aliphatic carbocycles. The van der Waals surface area contributed by atoms with Crippen molar-refractivity contribution in [3.8, 4) is 0 Å². The third-order valence-corrected chi connectivity index (χ3v) is 4.08. The summed E-state index contributed by atoms with van der Waals surface area (Å²) in [4.78, 5) is 44.6. The normalized spacial score (nSPS) is 24.7. The van der Waals surface area contributed by atoms with Crippen LogP contribution in [0.1, 0.15) is 24.8 Å². The lowest BCUT2D eigenvalue weighted by Gasteiger charge is -2.35. The van der Waals surface area contributed by atoms with Crippen LogP contribution < -0.4 is 0 Å². The highest BCUT2D eigenvalue weighted by Crippen LogP contribution is 2.41. The van der Waals surface area contributed by atoms with Crippen LogP contribution in [0.4, 0.5) is 5.69 Å². The monoisotopic (exact) mass is 307 g/mol. The number of benzene rings is 1. The average molecular weight is 307 g/mol. The molecule has 1 aromatic carbocycles. The topological polar surface area (TPSA) is 135 Å². The molecule has 22 heavy (non-hydrogen) atoms. The van der Waals surface area contributed by atoms with Gasteiger partial charge in [0.1, 0.15) is 11.7 Å². The van der Waals surface area contributed by atoms with Crippen LogP contribution >= 0.6 is 0 Å². The van der Waals surface area contributed by atoms with E-state index < -0.39 is 34.0 Å². The molecule has 0 saturated heterocycles. The zero-order valence-electron chi connectivity index (χ0n) is 11.4.